The summed E-state index contributed by atoms with van der Waals surface area (Å²) in [5.74, 6) is 0.0457. The van der Waals surface area contributed by atoms with Crippen LogP contribution in [0, 0.1) is 5.92 Å². The van der Waals surface area contributed by atoms with Gasteiger partial charge in [-0.3, -0.25) is 19.3 Å². The fraction of sp³-hybridized carbons (Fsp3) is 0.769. The van der Waals surface area contributed by atoms with E-state index in [9.17, 15) is 14.4 Å². The summed E-state index contributed by atoms with van der Waals surface area (Å²) in [5.41, 5.74) is 0. The first-order chi connectivity index (χ1) is 9.08. The zero-order valence-corrected chi connectivity index (χ0v) is 12.5. The van der Waals surface area contributed by atoms with E-state index in [4.69, 9.17) is 0 Å². The number of halogens is 1. The summed E-state index contributed by atoms with van der Waals surface area (Å²) in [7, 11) is 0. The minimum Gasteiger partial charge on any atom is -0.352 e. The molecule has 2 atom stereocenters. The average Bonchev–Trinajstić information content (AvgIpc) is 2.70. The van der Waals surface area contributed by atoms with E-state index < -0.39 is 0 Å². The second-order valence-corrected chi connectivity index (χ2v) is 5.33. The molecule has 2 saturated heterocycles. The molecular formula is C13H22ClN3O3. The monoisotopic (exact) mass is 303 g/mol. The number of carbonyl (C=O) groups is 3. The molecule has 0 aromatic carbocycles. The lowest BCUT2D eigenvalue weighted by molar-refractivity contribution is -0.138. The number of nitrogens with one attached hydrogen (secondary N) is 2. The topological polar surface area (TPSA) is 78.5 Å². The SMILES string of the molecule is CC1CCNCC1NC(=O)CCN1C(=O)CCC1=O.Cl. The number of imide groups is 1. The third-order valence-corrected chi connectivity index (χ3v) is 3.89. The van der Waals surface area contributed by atoms with Crippen LogP contribution in [0.25, 0.3) is 0 Å². The number of carbonyl (C=O) groups excluding carboxylic acids is 3. The van der Waals surface area contributed by atoms with Gasteiger partial charge in [-0.1, -0.05) is 6.92 Å². The summed E-state index contributed by atoms with van der Waals surface area (Å²) in [6.45, 7) is 4.11. The molecule has 2 rings (SSSR count). The molecule has 2 aliphatic rings. The van der Waals surface area contributed by atoms with Crippen LogP contribution in [0.5, 0.6) is 0 Å². The van der Waals surface area contributed by atoms with E-state index in [-0.39, 0.29) is 62.0 Å². The maximum Gasteiger partial charge on any atom is 0.229 e. The van der Waals surface area contributed by atoms with Crippen molar-refractivity contribution >= 4 is 30.1 Å². The number of amides is 3. The van der Waals surface area contributed by atoms with Crippen molar-refractivity contribution in [1.82, 2.24) is 15.5 Å². The van der Waals surface area contributed by atoms with Gasteiger partial charge in [0.25, 0.3) is 0 Å². The number of piperidine rings is 1. The quantitative estimate of drug-likeness (QED) is 0.720. The predicted octanol–water partition coefficient (Wildman–Crippen LogP) is 0.0615. The average molecular weight is 304 g/mol. The van der Waals surface area contributed by atoms with Gasteiger partial charge in [-0.15, -0.1) is 12.4 Å². The predicted molar refractivity (Wildman–Crippen MR) is 76.4 cm³/mol. The molecule has 2 N–H and O–H groups in total. The highest BCUT2D eigenvalue weighted by Gasteiger charge is 2.29. The number of likely N-dealkylation sites (tertiary alicyclic amines) is 1. The fourth-order valence-electron chi connectivity index (χ4n) is 2.55. The zero-order chi connectivity index (χ0) is 13.8. The zero-order valence-electron chi connectivity index (χ0n) is 11.7. The molecule has 2 heterocycles. The Hall–Kier alpha value is -1.14. The summed E-state index contributed by atoms with van der Waals surface area (Å²) in [6.07, 6.45) is 1.81. The molecule has 7 heteroatoms. The first-order valence-corrected chi connectivity index (χ1v) is 6.91. The molecule has 2 unspecified atom stereocenters. The van der Waals surface area contributed by atoms with Gasteiger partial charge < -0.3 is 10.6 Å². The van der Waals surface area contributed by atoms with Crippen molar-refractivity contribution in [2.45, 2.75) is 38.6 Å². The molecule has 0 aromatic heterocycles. The Bertz CT molecular complexity index is 373. The van der Waals surface area contributed by atoms with Crippen molar-refractivity contribution in [2.24, 2.45) is 5.92 Å². The van der Waals surface area contributed by atoms with Crippen LogP contribution in [0.15, 0.2) is 0 Å². The Labute approximate surface area is 125 Å². The molecule has 114 valence electrons. The van der Waals surface area contributed by atoms with Crippen molar-refractivity contribution in [3.8, 4) is 0 Å². The molecule has 0 saturated carbocycles. The van der Waals surface area contributed by atoms with Crippen LogP contribution >= 0.6 is 12.4 Å². The van der Waals surface area contributed by atoms with Crippen LogP contribution in [-0.2, 0) is 14.4 Å². The van der Waals surface area contributed by atoms with E-state index in [0.29, 0.717) is 5.92 Å². The summed E-state index contributed by atoms with van der Waals surface area (Å²) in [5, 5.41) is 6.22. The van der Waals surface area contributed by atoms with Gasteiger partial charge in [-0.05, 0) is 18.9 Å². The molecule has 2 fully saturated rings. The second kappa shape index (κ2) is 7.59. The van der Waals surface area contributed by atoms with E-state index in [2.05, 4.69) is 17.6 Å². The third-order valence-electron chi connectivity index (χ3n) is 3.89. The lowest BCUT2D eigenvalue weighted by Crippen LogP contribution is -2.50. The molecule has 0 spiro atoms. The summed E-state index contributed by atoms with van der Waals surface area (Å²) >= 11 is 0. The Balaban J connectivity index is 0.00000200. The normalized spacial score (nSPS) is 26.4. The molecule has 0 aromatic rings. The van der Waals surface area contributed by atoms with Gasteiger partial charge in [0.15, 0.2) is 0 Å². The smallest absolute Gasteiger partial charge is 0.229 e. The highest BCUT2D eigenvalue weighted by molar-refractivity contribution is 6.02. The van der Waals surface area contributed by atoms with Crippen molar-refractivity contribution in [3.05, 3.63) is 0 Å². The largest absolute Gasteiger partial charge is 0.352 e. The minimum atomic E-state index is -0.162. The van der Waals surface area contributed by atoms with Gasteiger partial charge in [0.05, 0.1) is 0 Å². The van der Waals surface area contributed by atoms with Gasteiger partial charge in [-0.25, -0.2) is 0 Å². The van der Waals surface area contributed by atoms with Crippen LogP contribution in [0.1, 0.15) is 32.6 Å². The maximum absolute atomic E-state index is 11.8. The number of hydrogen-bond donors (Lipinski definition) is 2. The highest BCUT2D eigenvalue weighted by Crippen LogP contribution is 2.13. The van der Waals surface area contributed by atoms with Crippen LogP contribution in [0.4, 0.5) is 0 Å². The van der Waals surface area contributed by atoms with Crippen molar-refractivity contribution in [1.29, 1.82) is 0 Å². The number of rotatable bonds is 4. The highest BCUT2D eigenvalue weighted by atomic mass is 35.5. The third kappa shape index (κ3) is 4.18. The van der Waals surface area contributed by atoms with Crippen LogP contribution in [0.2, 0.25) is 0 Å². The molecule has 3 amide bonds. The Morgan fingerprint density at radius 2 is 2.00 bits per heavy atom. The van der Waals surface area contributed by atoms with Gasteiger partial charge in [0.1, 0.15) is 0 Å². The van der Waals surface area contributed by atoms with E-state index in [1.807, 2.05) is 0 Å². The van der Waals surface area contributed by atoms with Gasteiger partial charge in [0, 0.05) is 38.4 Å². The molecule has 0 bridgehead atoms. The molecule has 6 nitrogen and oxygen atoms in total. The Kier molecular flexibility index (Phi) is 6.42. The maximum atomic E-state index is 11.8. The van der Waals surface area contributed by atoms with Gasteiger partial charge in [-0.2, -0.15) is 0 Å². The van der Waals surface area contributed by atoms with Crippen molar-refractivity contribution in [3.63, 3.8) is 0 Å². The lowest BCUT2D eigenvalue weighted by atomic mass is 9.95. The van der Waals surface area contributed by atoms with Gasteiger partial charge >= 0.3 is 0 Å². The first-order valence-electron chi connectivity index (χ1n) is 6.91. The summed E-state index contributed by atoms with van der Waals surface area (Å²) < 4.78 is 0. The molecular weight excluding hydrogens is 282 g/mol. The second-order valence-electron chi connectivity index (χ2n) is 5.33. The van der Waals surface area contributed by atoms with Crippen LogP contribution in [0.3, 0.4) is 0 Å². The Morgan fingerprint density at radius 3 is 2.60 bits per heavy atom. The van der Waals surface area contributed by atoms with Crippen LogP contribution < -0.4 is 10.6 Å². The minimum absolute atomic E-state index is 0. The molecule has 20 heavy (non-hydrogen) atoms. The van der Waals surface area contributed by atoms with E-state index in [1.54, 1.807) is 0 Å². The molecule has 0 radical (unpaired) electrons. The summed E-state index contributed by atoms with van der Waals surface area (Å²) in [4.78, 5) is 35.8. The number of hydrogen-bond acceptors (Lipinski definition) is 4. The molecule has 0 aliphatic carbocycles. The Morgan fingerprint density at radius 1 is 1.35 bits per heavy atom. The lowest BCUT2D eigenvalue weighted by Gasteiger charge is -2.30. The van der Waals surface area contributed by atoms with Crippen molar-refractivity contribution < 1.29 is 14.4 Å². The van der Waals surface area contributed by atoms with Crippen molar-refractivity contribution in [2.75, 3.05) is 19.6 Å². The van der Waals surface area contributed by atoms with Crippen LogP contribution in [-0.4, -0.2) is 48.3 Å². The van der Waals surface area contributed by atoms with E-state index in [0.717, 1.165) is 19.5 Å². The van der Waals surface area contributed by atoms with E-state index in [1.165, 1.54) is 4.90 Å². The van der Waals surface area contributed by atoms with E-state index >= 15 is 0 Å². The number of nitrogens with zero attached hydrogens (tertiary/aromatic N) is 1. The van der Waals surface area contributed by atoms with Gasteiger partial charge in [0.2, 0.25) is 17.7 Å². The molecule has 2 aliphatic heterocycles. The summed E-state index contributed by atoms with van der Waals surface area (Å²) in [6, 6.07) is 0.145. The standard InChI is InChI=1S/C13H21N3O3.ClH/c1-9-4-6-14-8-10(9)15-11(17)5-7-16-12(18)2-3-13(16)19;/h9-10,14H,2-8H2,1H3,(H,15,17);1H. The first kappa shape index (κ1) is 16.9. The fourth-order valence-corrected chi connectivity index (χ4v) is 2.55.